The molecule has 3 aromatic rings. The number of amides is 1. The summed E-state index contributed by atoms with van der Waals surface area (Å²) < 4.78 is 15.7. The highest BCUT2D eigenvalue weighted by atomic mass is 19.1. The second-order valence-corrected chi connectivity index (χ2v) is 8.66. The Hall–Kier alpha value is -3.22. The molecular formula is C24H25FN4O2. The minimum absolute atomic E-state index is 0.0777. The Bertz CT molecular complexity index is 1190. The normalized spacial score (nSPS) is 23.6. The van der Waals surface area contributed by atoms with Crippen LogP contribution in [0.1, 0.15) is 43.5 Å². The van der Waals surface area contributed by atoms with Crippen molar-refractivity contribution in [2.45, 2.75) is 37.7 Å². The first-order valence-corrected chi connectivity index (χ1v) is 10.7. The molecule has 1 fully saturated rings. The van der Waals surface area contributed by atoms with Crippen molar-refractivity contribution in [1.29, 1.82) is 0 Å². The molecule has 2 unspecified atom stereocenters. The van der Waals surface area contributed by atoms with E-state index in [9.17, 15) is 9.18 Å². The largest absolute Gasteiger partial charge is 0.379 e. The van der Waals surface area contributed by atoms with E-state index in [0.29, 0.717) is 30.8 Å². The lowest BCUT2D eigenvalue weighted by molar-refractivity contribution is -0.154. The smallest absolute Gasteiger partial charge is 0.269 e. The first kappa shape index (κ1) is 19.7. The van der Waals surface area contributed by atoms with Gasteiger partial charge < -0.3 is 14.3 Å². The molecule has 0 spiro atoms. The first-order valence-electron chi connectivity index (χ1n) is 10.7. The Balaban J connectivity index is 1.33. The molecule has 6 nitrogen and oxygen atoms in total. The van der Waals surface area contributed by atoms with Crippen molar-refractivity contribution < 1.29 is 14.0 Å². The van der Waals surface area contributed by atoms with Gasteiger partial charge in [0.1, 0.15) is 11.6 Å². The van der Waals surface area contributed by atoms with Gasteiger partial charge in [-0.25, -0.2) is 9.37 Å². The highest BCUT2D eigenvalue weighted by Crippen LogP contribution is 2.33. The molecule has 0 radical (unpaired) electrons. The van der Waals surface area contributed by atoms with E-state index in [2.05, 4.69) is 15.8 Å². The number of aromatic nitrogens is 2. The Morgan fingerprint density at radius 2 is 2.06 bits per heavy atom. The Labute approximate surface area is 180 Å². The monoisotopic (exact) mass is 420 g/mol. The minimum atomic E-state index is -1.07. The summed E-state index contributed by atoms with van der Waals surface area (Å²) in [5.74, 6) is 0.768. The standard InChI is InChI=1S/C24H25FN4O2/c1-24(14-20(27-31-24)16-7-5-9-18(25)13-16)23(30)29-12-6-8-17(15-29)22-26-19-10-3-4-11-21(19)28(22)2/h3-5,7,9-11,13,17H,6,8,12,14-15H2,1-2H3. The van der Waals surface area contributed by atoms with Crippen LogP contribution in [0.25, 0.3) is 11.0 Å². The second-order valence-electron chi connectivity index (χ2n) is 8.66. The lowest BCUT2D eigenvalue weighted by atomic mass is 9.91. The summed E-state index contributed by atoms with van der Waals surface area (Å²) in [6.07, 6.45) is 2.22. The summed E-state index contributed by atoms with van der Waals surface area (Å²) in [4.78, 5) is 25.8. The van der Waals surface area contributed by atoms with Gasteiger partial charge in [0.05, 0.1) is 16.7 Å². The Morgan fingerprint density at radius 1 is 1.23 bits per heavy atom. The van der Waals surface area contributed by atoms with Crippen molar-refractivity contribution in [3.05, 3.63) is 65.7 Å². The molecule has 0 N–H and O–H groups in total. The molecule has 7 heteroatoms. The molecule has 2 atom stereocenters. The van der Waals surface area contributed by atoms with Crippen LogP contribution < -0.4 is 0 Å². The third kappa shape index (κ3) is 3.48. The number of nitrogens with zero attached hydrogens (tertiary/aromatic N) is 4. The number of hydrogen-bond acceptors (Lipinski definition) is 4. The van der Waals surface area contributed by atoms with Crippen LogP contribution in [0.15, 0.2) is 53.7 Å². The quantitative estimate of drug-likeness (QED) is 0.644. The number of carbonyl (C=O) groups is 1. The van der Waals surface area contributed by atoms with Crippen LogP contribution in [0.5, 0.6) is 0 Å². The number of halogens is 1. The fourth-order valence-electron chi connectivity index (χ4n) is 4.71. The van der Waals surface area contributed by atoms with Gasteiger partial charge in [-0.05, 0) is 44.0 Å². The molecule has 0 aliphatic carbocycles. The number of para-hydroxylation sites is 2. The highest BCUT2D eigenvalue weighted by Gasteiger charge is 2.46. The molecule has 2 aromatic carbocycles. The molecule has 2 aliphatic heterocycles. The molecular weight excluding hydrogens is 395 g/mol. The van der Waals surface area contributed by atoms with E-state index in [-0.39, 0.29) is 17.6 Å². The molecule has 160 valence electrons. The lowest BCUT2D eigenvalue weighted by Crippen LogP contribution is -2.50. The summed E-state index contributed by atoms with van der Waals surface area (Å²) in [6, 6.07) is 14.3. The minimum Gasteiger partial charge on any atom is -0.379 e. The number of hydrogen-bond donors (Lipinski definition) is 0. The van der Waals surface area contributed by atoms with Gasteiger partial charge in [0.2, 0.25) is 5.60 Å². The summed E-state index contributed by atoms with van der Waals surface area (Å²) in [5.41, 5.74) is 2.24. The molecule has 1 aromatic heterocycles. The van der Waals surface area contributed by atoms with Gasteiger partial charge in [-0.1, -0.05) is 29.4 Å². The maximum atomic E-state index is 13.6. The van der Waals surface area contributed by atoms with Crippen LogP contribution in [0.4, 0.5) is 4.39 Å². The van der Waals surface area contributed by atoms with Crippen LogP contribution in [-0.2, 0) is 16.7 Å². The van der Waals surface area contributed by atoms with E-state index in [1.807, 2.05) is 30.1 Å². The molecule has 1 saturated heterocycles. The van der Waals surface area contributed by atoms with E-state index in [1.54, 1.807) is 19.1 Å². The third-order valence-electron chi connectivity index (χ3n) is 6.37. The van der Waals surface area contributed by atoms with Crippen LogP contribution in [0, 0.1) is 5.82 Å². The van der Waals surface area contributed by atoms with E-state index in [1.165, 1.54) is 12.1 Å². The number of imidazole rings is 1. The van der Waals surface area contributed by atoms with Crippen LogP contribution in [0.3, 0.4) is 0 Å². The summed E-state index contributed by atoms with van der Waals surface area (Å²) in [5, 5.41) is 4.12. The van der Waals surface area contributed by atoms with E-state index < -0.39 is 5.60 Å². The molecule has 2 aliphatic rings. The third-order valence-corrected chi connectivity index (χ3v) is 6.37. The van der Waals surface area contributed by atoms with Crippen molar-refractivity contribution in [3.63, 3.8) is 0 Å². The van der Waals surface area contributed by atoms with E-state index in [4.69, 9.17) is 9.82 Å². The van der Waals surface area contributed by atoms with Crippen LogP contribution in [-0.4, -0.2) is 44.8 Å². The zero-order chi connectivity index (χ0) is 21.6. The summed E-state index contributed by atoms with van der Waals surface area (Å²) in [6.45, 7) is 3.06. The van der Waals surface area contributed by atoms with Crippen molar-refractivity contribution in [1.82, 2.24) is 14.5 Å². The lowest BCUT2D eigenvalue weighted by Gasteiger charge is -2.36. The fourth-order valence-corrected chi connectivity index (χ4v) is 4.71. The predicted octanol–water partition coefficient (Wildman–Crippen LogP) is 4.00. The number of carbonyl (C=O) groups excluding carboxylic acids is 1. The SMILES string of the molecule is Cn1c(C2CCCN(C(=O)C3(C)CC(c4cccc(F)c4)=NO3)C2)nc2ccccc21. The number of oxime groups is 1. The average Bonchev–Trinajstić information content (AvgIpc) is 3.35. The topological polar surface area (TPSA) is 59.7 Å². The van der Waals surface area contributed by atoms with Gasteiger partial charge >= 0.3 is 0 Å². The first-order chi connectivity index (χ1) is 14.9. The molecule has 31 heavy (non-hydrogen) atoms. The average molecular weight is 420 g/mol. The number of rotatable bonds is 3. The van der Waals surface area contributed by atoms with Gasteiger partial charge in [0, 0.05) is 38.0 Å². The Morgan fingerprint density at radius 3 is 2.87 bits per heavy atom. The van der Waals surface area contributed by atoms with E-state index >= 15 is 0 Å². The van der Waals surface area contributed by atoms with Gasteiger partial charge in [-0.2, -0.15) is 0 Å². The van der Waals surface area contributed by atoms with Crippen LogP contribution in [0.2, 0.25) is 0 Å². The molecule has 1 amide bonds. The van der Waals surface area contributed by atoms with Crippen molar-refractivity contribution in [3.8, 4) is 0 Å². The van der Waals surface area contributed by atoms with Crippen molar-refractivity contribution in [2.24, 2.45) is 12.2 Å². The van der Waals surface area contributed by atoms with Gasteiger partial charge in [-0.3, -0.25) is 4.79 Å². The van der Waals surface area contributed by atoms with Gasteiger partial charge in [0.15, 0.2) is 0 Å². The predicted molar refractivity (Wildman–Crippen MR) is 116 cm³/mol. The maximum absolute atomic E-state index is 13.6. The second kappa shape index (κ2) is 7.48. The van der Waals surface area contributed by atoms with Crippen molar-refractivity contribution >= 4 is 22.7 Å². The molecule has 0 bridgehead atoms. The maximum Gasteiger partial charge on any atom is 0.269 e. The molecule has 5 rings (SSSR count). The zero-order valence-corrected chi connectivity index (χ0v) is 17.7. The number of piperidine rings is 1. The van der Waals surface area contributed by atoms with Crippen LogP contribution >= 0.6 is 0 Å². The van der Waals surface area contributed by atoms with E-state index in [0.717, 1.165) is 29.7 Å². The molecule has 3 heterocycles. The highest BCUT2D eigenvalue weighted by molar-refractivity contribution is 6.05. The van der Waals surface area contributed by atoms with Gasteiger partial charge in [-0.15, -0.1) is 0 Å². The fraction of sp³-hybridized carbons (Fsp3) is 0.375. The number of likely N-dealkylation sites (tertiary alicyclic amines) is 1. The molecule has 0 saturated carbocycles. The van der Waals surface area contributed by atoms with Gasteiger partial charge in [0.25, 0.3) is 5.91 Å². The number of aryl methyl sites for hydroxylation is 1. The number of fused-ring (bicyclic) bond motifs is 1. The summed E-state index contributed by atoms with van der Waals surface area (Å²) >= 11 is 0. The summed E-state index contributed by atoms with van der Waals surface area (Å²) in [7, 11) is 2.03. The van der Waals surface area contributed by atoms with Crippen molar-refractivity contribution in [2.75, 3.05) is 13.1 Å². The zero-order valence-electron chi connectivity index (χ0n) is 17.7. The Kier molecular flexibility index (Phi) is 4.76. The number of benzene rings is 2.